The molecule has 0 radical (unpaired) electrons. The molecule has 0 saturated carbocycles. The van der Waals surface area contributed by atoms with Crippen molar-refractivity contribution in [1.82, 2.24) is 4.90 Å². The maximum Gasteiger partial charge on any atom is 0.223 e. The summed E-state index contributed by atoms with van der Waals surface area (Å²) in [5.41, 5.74) is -0.638. The molecule has 0 bridgehead atoms. The van der Waals surface area contributed by atoms with Crippen LogP contribution < -0.4 is 0 Å². The fourth-order valence-corrected chi connectivity index (χ4v) is 2.37. The van der Waals surface area contributed by atoms with E-state index in [1.54, 1.807) is 4.90 Å². The molecule has 1 N–H and O–H groups in total. The third-order valence-corrected chi connectivity index (χ3v) is 3.91. The number of hydrogen-bond donors (Lipinski definition) is 1. The highest BCUT2D eigenvalue weighted by Gasteiger charge is 2.45. The van der Waals surface area contributed by atoms with Gasteiger partial charge in [0.2, 0.25) is 5.91 Å². The Morgan fingerprint density at radius 3 is 2.75 bits per heavy atom. The van der Waals surface area contributed by atoms with Gasteiger partial charge in [0.1, 0.15) is 5.60 Å². The minimum atomic E-state index is -0.638. The van der Waals surface area contributed by atoms with Gasteiger partial charge in [-0.1, -0.05) is 26.0 Å². The number of carbonyl (C=O) groups excluding carboxylic acids is 1. The molecule has 90 valence electrons. The van der Waals surface area contributed by atoms with Crippen molar-refractivity contribution in [1.29, 1.82) is 0 Å². The number of amides is 1. The van der Waals surface area contributed by atoms with Crippen molar-refractivity contribution in [2.24, 2.45) is 11.8 Å². The summed E-state index contributed by atoms with van der Waals surface area (Å²) in [4.78, 5) is 13.7. The van der Waals surface area contributed by atoms with Gasteiger partial charge in [0.25, 0.3) is 0 Å². The van der Waals surface area contributed by atoms with Crippen LogP contribution in [0.3, 0.4) is 0 Å². The Morgan fingerprint density at radius 1 is 1.56 bits per heavy atom. The molecule has 0 aromatic rings. The van der Waals surface area contributed by atoms with E-state index in [0.29, 0.717) is 25.4 Å². The van der Waals surface area contributed by atoms with Crippen molar-refractivity contribution in [3.63, 3.8) is 0 Å². The van der Waals surface area contributed by atoms with E-state index in [-0.39, 0.29) is 11.8 Å². The van der Waals surface area contributed by atoms with Crippen LogP contribution in [0, 0.1) is 11.8 Å². The molecule has 0 spiro atoms. The van der Waals surface area contributed by atoms with Crippen LogP contribution in [0.4, 0.5) is 0 Å². The van der Waals surface area contributed by atoms with E-state index in [1.807, 2.05) is 13.8 Å². The lowest BCUT2D eigenvalue weighted by Gasteiger charge is -2.49. The van der Waals surface area contributed by atoms with Crippen LogP contribution in [0.1, 0.15) is 33.1 Å². The van der Waals surface area contributed by atoms with Crippen LogP contribution in [-0.4, -0.2) is 34.6 Å². The Morgan fingerprint density at radius 2 is 2.25 bits per heavy atom. The van der Waals surface area contributed by atoms with E-state index in [4.69, 9.17) is 0 Å². The van der Waals surface area contributed by atoms with Gasteiger partial charge >= 0.3 is 0 Å². The minimum Gasteiger partial charge on any atom is -0.386 e. The maximum absolute atomic E-state index is 11.9. The highest BCUT2D eigenvalue weighted by molar-refractivity contribution is 5.78. The Kier molecular flexibility index (Phi) is 3.06. The van der Waals surface area contributed by atoms with Crippen molar-refractivity contribution in [3.8, 4) is 0 Å². The molecule has 2 rings (SSSR count). The summed E-state index contributed by atoms with van der Waals surface area (Å²) in [5, 5.41) is 10.1. The van der Waals surface area contributed by atoms with Crippen molar-refractivity contribution in [2.75, 3.05) is 13.1 Å². The summed E-state index contributed by atoms with van der Waals surface area (Å²) in [6, 6.07) is 0. The van der Waals surface area contributed by atoms with Gasteiger partial charge in [0.15, 0.2) is 0 Å². The van der Waals surface area contributed by atoms with Gasteiger partial charge in [-0.3, -0.25) is 4.79 Å². The fraction of sp³-hybridized carbons (Fsp3) is 0.769. The van der Waals surface area contributed by atoms with E-state index in [2.05, 4.69) is 12.2 Å². The Labute approximate surface area is 97.1 Å². The second-order valence-corrected chi connectivity index (χ2v) is 5.48. The third-order valence-electron chi connectivity index (χ3n) is 3.91. The number of aliphatic hydroxyl groups is 1. The molecular weight excluding hydrogens is 202 g/mol. The Bertz CT molecular complexity index is 303. The predicted molar refractivity (Wildman–Crippen MR) is 62.8 cm³/mol. The first-order valence-electron chi connectivity index (χ1n) is 6.18. The molecule has 2 aliphatic rings. The number of carbonyl (C=O) groups is 1. The summed E-state index contributed by atoms with van der Waals surface area (Å²) in [5.74, 6) is 0.852. The number of allylic oxidation sites excluding steroid dienone is 2. The minimum absolute atomic E-state index is 0.196. The van der Waals surface area contributed by atoms with Gasteiger partial charge in [0.05, 0.1) is 13.1 Å². The standard InChI is InChI=1S/C13H21NO2/c1-10(2)13(16)8-14(9-13)12(15)7-11-5-3-4-6-11/h3,5,10-11,16H,4,6-9H2,1-2H3. The number of hydrogen-bond acceptors (Lipinski definition) is 2. The lowest BCUT2D eigenvalue weighted by Crippen LogP contribution is -2.66. The second-order valence-electron chi connectivity index (χ2n) is 5.48. The maximum atomic E-state index is 11.9. The van der Waals surface area contributed by atoms with E-state index in [0.717, 1.165) is 12.8 Å². The molecule has 1 aliphatic carbocycles. The Hall–Kier alpha value is -0.830. The predicted octanol–water partition coefficient (Wildman–Crippen LogP) is 1.57. The lowest BCUT2D eigenvalue weighted by atomic mass is 9.82. The van der Waals surface area contributed by atoms with Crippen molar-refractivity contribution in [3.05, 3.63) is 12.2 Å². The first-order valence-corrected chi connectivity index (χ1v) is 6.18. The molecule has 3 heteroatoms. The van der Waals surface area contributed by atoms with Gasteiger partial charge in [-0.05, 0) is 24.7 Å². The van der Waals surface area contributed by atoms with Crippen molar-refractivity contribution >= 4 is 5.91 Å². The monoisotopic (exact) mass is 223 g/mol. The van der Waals surface area contributed by atoms with Crippen LogP contribution in [0.25, 0.3) is 0 Å². The molecular formula is C13H21NO2. The topological polar surface area (TPSA) is 40.5 Å². The summed E-state index contributed by atoms with van der Waals surface area (Å²) in [7, 11) is 0. The molecule has 0 aromatic heterocycles. The normalized spacial score (nSPS) is 27.2. The van der Waals surface area contributed by atoms with Crippen LogP contribution >= 0.6 is 0 Å². The van der Waals surface area contributed by atoms with E-state index in [9.17, 15) is 9.90 Å². The van der Waals surface area contributed by atoms with E-state index in [1.165, 1.54) is 0 Å². The number of β-amino-alcohol motifs (C(OH)–C–C–N with tert-alkyl or cyclic N) is 1. The first kappa shape index (κ1) is 11.6. The van der Waals surface area contributed by atoms with Crippen LogP contribution in [0.5, 0.6) is 0 Å². The van der Waals surface area contributed by atoms with Crippen molar-refractivity contribution in [2.45, 2.75) is 38.7 Å². The van der Waals surface area contributed by atoms with Gasteiger partial charge in [-0.15, -0.1) is 0 Å². The molecule has 1 unspecified atom stereocenters. The summed E-state index contributed by atoms with van der Waals surface area (Å²) < 4.78 is 0. The van der Waals surface area contributed by atoms with Crippen LogP contribution in [0.15, 0.2) is 12.2 Å². The third kappa shape index (κ3) is 2.14. The summed E-state index contributed by atoms with van der Waals surface area (Å²) in [6.07, 6.45) is 7.12. The highest BCUT2D eigenvalue weighted by Crippen LogP contribution is 2.30. The molecule has 1 atom stereocenters. The average Bonchev–Trinajstić information content (AvgIpc) is 2.64. The lowest BCUT2D eigenvalue weighted by molar-refractivity contribution is -0.164. The van der Waals surface area contributed by atoms with E-state index < -0.39 is 5.60 Å². The highest BCUT2D eigenvalue weighted by atomic mass is 16.3. The second kappa shape index (κ2) is 4.21. The van der Waals surface area contributed by atoms with Gasteiger partial charge < -0.3 is 10.0 Å². The van der Waals surface area contributed by atoms with Crippen molar-refractivity contribution < 1.29 is 9.90 Å². The molecule has 1 fully saturated rings. The summed E-state index contributed by atoms with van der Waals surface area (Å²) >= 11 is 0. The summed E-state index contributed by atoms with van der Waals surface area (Å²) in [6.45, 7) is 5.03. The SMILES string of the molecule is CC(C)C1(O)CN(C(=O)CC2C=CCC2)C1. The molecule has 3 nitrogen and oxygen atoms in total. The zero-order valence-corrected chi connectivity index (χ0v) is 10.1. The van der Waals surface area contributed by atoms with Crippen LogP contribution in [-0.2, 0) is 4.79 Å². The van der Waals surface area contributed by atoms with Crippen LogP contribution in [0.2, 0.25) is 0 Å². The van der Waals surface area contributed by atoms with Gasteiger partial charge in [0, 0.05) is 6.42 Å². The zero-order chi connectivity index (χ0) is 11.8. The Balaban J connectivity index is 1.79. The first-order chi connectivity index (χ1) is 7.51. The van der Waals surface area contributed by atoms with Gasteiger partial charge in [-0.2, -0.15) is 0 Å². The molecule has 1 saturated heterocycles. The van der Waals surface area contributed by atoms with E-state index >= 15 is 0 Å². The molecule has 1 aliphatic heterocycles. The molecule has 0 aromatic carbocycles. The number of likely N-dealkylation sites (tertiary alicyclic amines) is 1. The smallest absolute Gasteiger partial charge is 0.223 e. The number of nitrogens with zero attached hydrogens (tertiary/aromatic N) is 1. The average molecular weight is 223 g/mol. The number of rotatable bonds is 3. The zero-order valence-electron chi connectivity index (χ0n) is 10.1. The molecule has 16 heavy (non-hydrogen) atoms. The van der Waals surface area contributed by atoms with Gasteiger partial charge in [-0.25, -0.2) is 0 Å². The fourth-order valence-electron chi connectivity index (χ4n) is 2.37. The molecule has 1 amide bonds. The largest absolute Gasteiger partial charge is 0.386 e. The molecule has 1 heterocycles. The quantitative estimate of drug-likeness (QED) is 0.738.